The van der Waals surface area contributed by atoms with Crippen molar-refractivity contribution in [2.24, 2.45) is 11.1 Å². The number of dihydropyridines is 1. The first-order chi connectivity index (χ1) is 25.6. The molecule has 0 saturated carbocycles. The number of carbonyl (C=O) groups excluding carboxylic acids is 1. The van der Waals surface area contributed by atoms with Gasteiger partial charge in [0.05, 0.1) is 19.8 Å². The molecule has 5 N–H and O–H groups in total. The number of rotatable bonds is 10. The first-order valence-corrected chi connectivity index (χ1v) is 17.7. The summed E-state index contributed by atoms with van der Waals surface area (Å²) >= 11 is 0. The van der Waals surface area contributed by atoms with Gasteiger partial charge in [-0.3, -0.25) is 9.59 Å². The fraction of sp³-hybridized carbons (Fsp3) is 0.317. The summed E-state index contributed by atoms with van der Waals surface area (Å²) < 4.78 is 38.0. The minimum Gasteiger partial charge on any atom is -0.504 e. The van der Waals surface area contributed by atoms with Gasteiger partial charge >= 0.3 is 0 Å². The molecule has 4 aromatic rings. The van der Waals surface area contributed by atoms with Crippen molar-refractivity contribution in [2.75, 3.05) is 45.0 Å². The molecule has 1 unspecified atom stereocenters. The Morgan fingerprint density at radius 2 is 1.74 bits per heavy atom. The zero-order valence-electron chi connectivity index (χ0n) is 29.5. The molecular weight excluding hydrogens is 679 g/mol. The number of ether oxygens (including phenoxy) is 4. The van der Waals surface area contributed by atoms with E-state index >= 15 is 0 Å². The fourth-order valence-electron chi connectivity index (χ4n) is 6.76. The summed E-state index contributed by atoms with van der Waals surface area (Å²) in [5.74, 6) is -0.617. The van der Waals surface area contributed by atoms with E-state index in [1.807, 2.05) is 28.8 Å². The van der Waals surface area contributed by atoms with Crippen LogP contribution in [0.2, 0.25) is 0 Å². The summed E-state index contributed by atoms with van der Waals surface area (Å²) in [4.78, 5) is 27.5. The lowest BCUT2D eigenvalue weighted by Gasteiger charge is -2.34. The number of benzene rings is 3. The molecule has 3 aromatic carbocycles. The van der Waals surface area contributed by atoms with Gasteiger partial charge in [0.15, 0.2) is 11.5 Å². The maximum absolute atomic E-state index is 13.8. The van der Waals surface area contributed by atoms with Crippen molar-refractivity contribution in [1.29, 1.82) is 0 Å². The van der Waals surface area contributed by atoms with E-state index in [2.05, 4.69) is 17.6 Å². The van der Waals surface area contributed by atoms with Crippen molar-refractivity contribution in [2.45, 2.75) is 38.6 Å². The lowest BCUT2D eigenvalue weighted by Crippen LogP contribution is -2.36. The van der Waals surface area contributed by atoms with Gasteiger partial charge in [-0.05, 0) is 88.6 Å². The summed E-state index contributed by atoms with van der Waals surface area (Å²) in [7, 11) is 0. The lowest BCUT2D eigenvalue weighted by molar-refractivity contribution is -0.101. The number of halogens is 1. The van der Waals surface area contributed by atoms with Crippen LogP contribution in [0, 0.1) is 11.2 Å². The highest BCUT2D eigenvalue weighted by Gasteiger charge is 2.29. The predicted octanol–water partition coefficient (Wildman–Crippen LogP) is 5.54. The molecule has 1 amide bonds. The quantitative estimate of drug-likeness (QED) is 0.166. The third-order valence-corrected chi connectivity index (χ3v) is 9.89. The van der Waals surface area contributed by atoms with Crippen molar-refractivity contribution in [1.82, 2.24) is 9.88 Å². The fourth-order valence-corrected chi connectivity index (χ4v) is 6.76. The molecular formula is C41H43FN4O7. The second-order valence-electron chi connectivity index (χ2n) is 14.0. The Hall–Kier alpha value is -5.27. The number of hydrogen-bond acceptors (Lipinski definition) is 9. The van der Waals surface area contributed by atoms with E-state index in [1.54, 1.807) is 55.0 Å². The normalized spacial score (nSPS) is 19.8. The summed E-state index contributed by atoms with van der Waals surface area (Å²) in [6.45, 7) is 5.86. The van der Waals surface area contributed by atoms with Crippen molar-refractivity contribution in [3.05, 3.63) is 124 Å². The highest BCUT2D eigenvalue weighted by atomic mass is 19.1. The molecule has 2 saturated heterocycles. The van der Waals surface area contributed by atoms with Gasteiger partial charge in [0, 0.05) is 49.6 Å². The highest BCUT2D eigenvalue weighted by molar-refractivity contribution is 6.04. The van der Waals surface area contributed by atoms with Gasteiger partial charge in [-0.2, -0.15) is 0 Å². The molecule has 7 rings (SSSR count). The van der Waals surface area contributed by atoms with E-state index in [4.69, 9.17) is 24.7 Å². The SMILES string of the molecule is CC1(Cn2cc(C(=O)Nc3ccc(C4=CC(c5ccc(OC[C@H]6COCCO6)c(O)c5)=CNC4N)cc3)c(=O)c(-c3ccc(F)cc3)c2)CCOCC1. The molecule has 276 valence electrons. The Bertz CT molecular complexity index is 2070. The maximum atomic E-state index is 13.8. The van der Waals surface area contributed by atoms with E-state index in [9.17, 15) is 19.1 Å². The molecule has 0 radical (unpaired) electrons. The Labute approximate surface area is 306 Å². The van der Waals surface area contributed by atoms with Gasteiger partial charge in [-0.25, -0.2) is 4.39 Å². The van der Waals surface area contributed by atoms with E-state index in [1.165, 1.54) is 12.1 Å². The number of phenolic OH excluding ortho intramolecular Hbond substituents is 1. The number of carbonyl (C=O) groups is 1. The molecule has 0 aliphatic carbocycles. The van der Waals surface area contributed by atoms with Crippen LogP contribution < -0.4 is 26.5 Å². The lowest BCUT2D eigenvalue weighted by atomic mass is 9.82. The number of anilines is 1. The summed E-state index contributed by atoms with van der Waals surface area (Å²) in [6, 6.07) is 18.1. The molecule has 1 aromatic heterocycles. The number of amides is 1. The Morgan fingerprint density at radius 1 is 1.00 bits per heavy atom. The van der Waals surface area contributed by atoms with Crippen LogP contribution in [-0.2, 0) is 20.8 Å². The second-order valence-corrected chi connectivity index (χ2v) is 14.0. The average molecular weight is 723 g/mol. The van der Waals surface area contributed by atoms with Crippen LogP contribution in [0.5, 0.6) is 11.5 Å². The smallest absolute Gasteiger partial charge is 0.261 e. The van der Waals surface area contributed by atoms with Crippen LogP contribution in [0.3, 0.4) is 0 Å². The molecule has 0 bridgehead atoms. The van der Waals surface area contributed by atoms with E-state index < -0.39 is 23.3 Å². The second kappa shape index (κ2) is 15.8. The molecule has 0 spiro atoms. The van der Waals surface area contributed by atoms with E-state index in [0.29, 0.717) is 62.1 Å². The molecule has 2 atom stereocenters. The third-order valence-electron chi connectivity index (χ3n) is 9.89. The van der Waals surface area contributed by atoms with Gasteiger partial charge in [0.25, 0.3) is 5.91 Å². The molecule has 12 heteroatoms. The van der Waals surface area contributed by atoms with Crippen LogP contribution in [0.4, 0.5) is 10.1 Å². The Balaban J connectivity index is 1.08. The Morgan fingerprint density at radius 3 is 2.45 bits per heavy atom. The average Bonchev–Trinajstić information content (AvgIpc) is 3.16. The summed E-state index contributed by atoms with van der Waals surface area (Å²) in [6.07, 6.45) is 8.09. The molecule has 2 fully saturated rings. The van der Waals surface area contributed by atoms with E-state index in [0.717, 1.165) is 35.1 Å². The van der Waals surface area contributed by atoms with Gasteiger partial charge in [0.2, 0.25) is 5.43 Å². The van der Waals surface area contributed by atoms with Crippen LogP contribution >= 0.6 is 0 Å². The molecule has 3 aliphatic rings. The molecule has 11 nitrogen and oxygen atoms in total. The maximum Gasteiger partial charge on any atom is 0.261 e. The van der Waals surface area contributed by atoms with Gasteiger partial charge in [0.1, 0.15) is 30.3 Å². The predicted molar refractivity (Wildman–Crippen MR) is 200 cm³/mol. The molecule has 3 aliphatic heterocycles. The third kappa shape index (κ3) is 8.52. The van der Waals surface area contributed by atoms with Crippen molar-refractivity contribution in [3.63, 3.8) is 0 Å². The first-order valence-electron chi connectivity index (χ1n) is 17.7. The number of allylic oxidation sites excluding steroid dienone is 2. The standard InChI is InChI=1S/C41H43FN4O7/c1-41(12-14-50-15-13-41)25-46-21-34(27-2-7-30(42)8-3-27)38(48)35(22-46)40(49)45-31-9-4-26(5-10-31)33-18-29(20-44-39(33)43)28-6-11-37(36(47)19-28)53-24-32-23-51-16-17-52-32/h2-11,18-22,32,39,44,47H,12-17,23-25,43H2,1H3,(H,45,49)/t32-,39?/m1/s1. The monoisotopic (exact) mass is 722 g/mol. The minimum absolute atomic E-state index is 0.00205. The summed E-state index contributed by atoms with van der Waals surface area (Å²) in [5, 5.41) is 16.8. The molecule has 4 heterocycles. The number of hydrogen-bond donors (Lipinski definition) is 4. The topological polar surface area (TPSA) is 146 Å². The van der Waals surface area contributed by atoms with Gasteiger partial charge in [-0.1, -0.05) is 37.3 Å². The minimum atomic E-state index is -0.551. The van der Waals surface area contributed by atoms with Crippen LogP contribution in [0.1, 0.15) is 41.3 Å². The zero-order chi connectivity index (χ0) is 37.0. The number of nitrogens with one attached hydrogen (secondary N) is 2. The molecule has 53 heavy (non-hydrogen) atoms. The van der Waals surface area contributed by atoms with E-state index in [-0.39, 0.29) is 29.4 Å². The van der Waals surface area contributed by atoms with Gasteiger partial charge in [-0.15, -0.1) is 0 Å². The number of aromatic nitrogens is 1. The zero-order valence-corrected chi connectivity index (χ0v) is 29.5. The van der Waals surface area contributed by atoms with Crippen molar-refractivity contribution in [3.8, 4) is 22.6 Å². The number of nitrogens with two attached hydrogens (primary N) is 1. The van der Waals surface area contributed by atoms with Gasteiger partial charge < -0.3 is 45.0 Å². The van der Waals surface area contributed by atoms with Crippen LogP contribution in [0.15, 0.2) is 96.2 Å². The largest absolute Gasteiger partial charge is 0.504 e. The van der Waals surface area contributed by atoms with Crippen LogP contribution in [-0.4, -0.2) is 67.5 Å². The Kier molecular flexibility index (Phi) is 10.7. The highest BCUT2D eigenvalue weighted by Crippen LogP contribution is 2.34. The van der Waals surface area contributed by atoms with Crippen LogP contribution in [0.25, 0.3) is 22.3 Å². The first kappa shape index (κ1) is 36.1. The van der Waals surface area contributed by atoms with Crippen molar-refractivity contribution < 1.29 is 33.2 Å². The number of aromatic hydroxyl groups is 1. The van der Waals surface area contributed by atoms with Crippen molar-refractivity contribution >= 4 is 22.7 Å². The number of pyridine rings is 1. The number of nitrogens with zero attached hydrogens (tertiary/aromatic N) is 1. The summed E-state index contributed by atoms with van der Waals surface area (Å²) in [5.41, 5.74) is 10.4. The number of phenols is 1.